The van der Waals surface area contributed by atoms with Crippen LogP contribution in [0.25, 0.3) is 0 Å². The summed E-state index contributed by atoms with van der Waals surface area (Å²) >= 11 is 1.71. The highest BCUT2D eigenvalue weighted by Crippen LogP contribution is 2.15. The Morgan fingerprint density at radius 3 is 2.13 bits per heavy atom. The van der Waals surface area contributed by atoms with Crippen molar-refractivity contribution < 1.29 is 14.3 Å². The number of carbonyl (C=O) groups is 1. The van der Waals surface area contributed by atoms with Crippen LogP contribution in [0.4, 0.5) is 0 Å². The minimum atomic E-state index is -0.457. The number of amides is 1. The Hall–Kier alpha value is -0.300. The van der Waals surface area contributed by atoms with Crippen molar-refractivity contribution in [2.24, 2.45) is 11.7 Å². The Labute approximate surface area is 146 Å². The first kappa shape index (κ1) is 22.7. The van der Waals surface area contributed by atoms with Gasteiger partial charge in [-0.15, -0.1) is 0 Å². The predicted molar refractivity (Wildman–Crippen MR) is 98.6 cm³/mol. The van der Waals surface area contributed by atoms with Gasteiger partial charge in [-0.05, 0) is 51.5 Å². The molecule has 0 saturated heterocycles. The lowest BCUT2D eigenvalue weighted by Gasteiger charge is -2.36. The van der Waals surface area contributed by atoms with E-state index in [1.54, 1.807) is 11.8 Å². The Balaban J connectivity index is 5.03. The van der Waals surface area contributed by atoms with Gasteiger partial charge in [0.15, 0.2) is 6.29 Å². The summed E-state index contributed by atoms with van der Waals surface area (Å²) in [6, 6.07) is -0.609. The lowest BCUT2D eigenvalue weighted by Crippen LogP contribution is -2.53. The molecule has 0 aliphatic rings. The van der Waals surface area contributed by atoms with E-state index in [-0.39, 0.29) is 11.9 Å². The zero-order chi connectivity index (χ0) is 17.8. The van der Waals surface area contributed by atoms with Gasteiger partial charge in [0.2, 0.25) is 5.91 Å². The molecule has 0 aliphatic heterocycles. The van der Waals surface area contributed by atoms with Crippen molar-refractivity contribution in [2.45, 2.75) is 65.8 Å². The number of rotatable bonds is 13. The van der Waals surface area contributed by atoms with E-state index in [2.05, 4.69) is 13.8 Å². The lowest BCUT2D eigenvalue weighted by molar-refractivity contribution is -0.178. The lowest BCUT2D eigenvalue weighted by atomic mass is 10.1. The fourth-order valence-corrected chi connectivity index (χ4v) is 2.78. The maximum Gasteiger partial charge on any atom is 0.239 e. The summed E-state index contributed by atoms with van der Waals surface area (Å²) in [6.45, 7) is 12.0. The van der Waals surface area contributed by atoms with Gasteiger partial charge in [0, 0.05) is 19.8 Å². The van der Waals surface area contributed by atoms with Gasteiger partial charge < -0.3 is 20.1 Å². The van der Waals surface area contributed by atoms with Crippen LogP contribution in [-0.2, 0) is 14.3 Å². The van der Waals surface area contributed by atoms with Crippen LogP contribution in [0, 0.1) is 5.92 Å². The summed E-state index contributed by atoms with van der Waals surface area (Å²) in [4.78, 5) is 14.6. The van der Waals surface area contributed by atoms with E-state index >= 15 is 0 Å². The van der Waals surface area contributed by atoms with E-state index in [1.807, 2.05) is 31.9 Å². The predicted octanol–water partition coefficient (Wildman–Crippen LogP) is 2.73. The van der Waals surface area contributed by atoms with Gasteiger partial charge in [0.05, 0.1) is 12.1 Å². The van der Waals surface area contributed by atoms with Crippen LogP contribution < -0.4 is 5.73 Å². The van der Waals surface area contributed by atoms with Gasteiger partial charge in [-0.1, -0.05) is 13.8 Å². The molecular formula is C17H36N2O3S. The number of hydrogen-bond donors (Lipinski definition) is 1. The molecule has 0 aliphatic carbocycles. The molecule has 138 valence electrons. The smallest absolute Gasteiger partial charge is 0.239 e. The normalized spacial score (nSPS) is 14.3. The molecule has 0 radical (unpaired) electrons. The molecule has 0 bridgehead atoms. The highest BCUT2D eigenvalue weighted by Gasteiger charge is 2.30. The number of nitrogens with zero attached hydrogens (tertiary/aromatic N) is 1. The fraction of sp³-hybridized carbons (Fsp3) is 0.941. The summed E-state index contributed by atoms with van der Waals surface area (Å²) in [6.07, 6.45) is 3.25. The van der Waals surface area contributed by atoms with Crippen LogP contribution in [0.3, 0.4) is 0 Å². The monoisotopic (exact) mass is 348 g/mol. The van der Waals surface area contributed by atoms with Gasteiger partial charge in [-0.25, -0.2) is 0 Å². The summed E-state index contributed by atoms with van der Waals surface area (Å²) in [5.74, 6) is 1.41. The molecule has 0 spiro atoms. The molecule has 0 heterocycles. The van der Waals surface area contributed by atoms with E-state index in [1.165, 1.54) is 0 Å². The van der Waals surface area contributed by atoms with Gasteiger partial charge in [-0.2, -0.15) is 11.8 Å². The molecule has 2 atom stereocenters. The van der Waals surface area contributed by atoms with Crippen molar-refractivity contribution in [3.63, 3.8) is 0 Å². The van der Waals surface area contributed by atoms with E-state index < -0.39 is 12.3 Å². The molecule has 2 N–H and O–H groups in total. The Bertz CT molecular complexity index is 310. The summed E-state index contributed by atoms with van der Waals surface area (Å²) in [5, 5.41) is 0. The molecular weight excluding hydrogens is 312 g/mol. The number of thioether (sulfide) groups is 1. The van der Waals surface area contributed by atoms with Crippen LogP contribution >= 0.6 is 11.8 Å². The SMILES string of the molecule is CCOC(OCC)[C@H](C)N(CCC(C)C)C(=O)[C@@H](N)CCSC. The van der Waals surface area contributed by atoms with Gasteiger partial charge in [0.1, 0.15) is 0 Å². The molecule has 5 nitrogen and oxygen atoms in total. The number of nitrogens with two attached hydrogens (primary N) is 1. The molecule has 0 fully saturated rings. The zero-order valence-corrected chi connectivity index (χ0v) is 16.5. The molecule has 0 aromatic carbocycles. The second kappa shape index (κ2) is 13.0. The second-order valence-electron chi connectivity index (χ2n) is 6.12. The van der Waals surface area contributed by atoms with Gasteiger partial charge in [0.25, 0.3) is 0 Å². The summed E-state index contributed by atoms with van der Waals surface area (Å²) in [5.41, 5.74) is 6.11. The average Bonchev–Trinajstić information content (AvgIpc) is 2.51. The van der Waals surface area contributed by atoms with Crippen molar-refractivity contribution in [3.05, 3.63) is 0 Å². The van der Waals surface area contributed by atoms with E-state index in [4.69, 9.17) is 15.2 Å². The Morgan fingerprint density at radius 2 is 1.70 bits per heavy atom. The summed E-state index contributed by atoms with van der Waals surface area (Å²) in [7, 11) is 0. The Kier molecular flexibility index (Phi) is 12.9. The third-order valence-electron chi connectivity index (χ3n) is 3.73. The average molecular weight is 349 g/mol. The van der Waals surface area contributed by atoms with Crippen LogP contribution in [-0.4, -0.2) is 60.9 Å². The van der Waals surface area contributed by atoms with Crippen molar-refractivity contribution in [3.8, 4) is 0 Å². The molecule has 0 aromatic heterocycles. The van der Waals surface area contributed by atoms with E-state index in [0.717, 1.165) is 12.2 Å². The molecule has 1 amide bonds. The summed E-state index contributed by atoms with van der Waals surface area (Å²) < 4.78 is 11.4. The third kappa shape index (κ3) is 8.94. The molecule has 0 saturated carbocycles. The Morgan fingerprint density at radius 1 is 1.13 bits per heavy atom. The molecule has 0 aromatic rings. The second-order valence-corrected chi connectivity index (χ2v) is 7.11. The zero-order valence-electron chi connectivity index (χ0n) is 15.7. The third-order valence-corrected chi connectivity index (χ3v) is 4.37. The number of carbonyl (C=O) groups excluding carboxylic acids is 1. The van der Waals surface area contributed by atoms with Crippen LogP contribution in [0.1, 0.15) is 47.5 Å². The number of ether oxygens (including phenoxy) is 2. The molecule has 0 unspecified atom stereocenters. The first-order valence-electron chi connectivity index (χ1n) is 8.67. The largest absolute Gasteiger partial charge is 0.351 e. The van der Waals surface area contributed by atoms with Crippen LogP contribution in [0.5, 0.6) is 0 Å². The highest BCUT2D eigenvalue weighted by atomic mass is 32.2. The topological polar surface area (TPSA) is 64.8 Å². The molecule has 0 rings (SSSR count). The van der Waals surface area contributed by atoms with E-state index in [9.17, 15) is 4.79 Å². The standard InChI is InChI=1S/C17H36N2O3S/c1-7-21-17(22-8-2)14(5)19(11-9-13(3)4)16(20)15(18)10-12-23-6/h13-15,17H,7-12,18H2,1-6H3/t14-,15-/m0/s1. The van der Waals surface area contributed by atoms with Crippen molar-refractivity contribution in [2.75, 3.05) is 31.8 Å². The van der Waals surface area contributed by atoms with E-state index in [0.29, 0.717) is 32.1 Å². The maximum absolute atomic E-state index is 12.8. The van der Waals surface area contributed by atoms with Crippen LogP contribution in [0.2, 0.25) is 0 Å². The highest BCUT2D eigenvalue weighted by molar-refractivity contribution is 7.98. The van der Waals surface area contributed by atoms with Crippen LogP contribution in [0.15, 0.2) is 0 Å². The van der Waals surface area contributed by atoms with Gasteiger partial charge >= 0.3 is 0 Å². The first-order valence-corrected chi connectivity index (χ1v) is 10.1. The van der Waals surface area contributed by atoms with Crippen molar-refractivity contribution in [1.82, 2.24) is 4.90 Å². The van der Waals surface area contributed by atoms with Gasteiger partial charge in [-0.3, -0.25) is 4.79 Å². The van der Waals surface area contributed by atoms with Crippen molar-refractivity contribution >= 4 is 17.7 Å². The quantitative estimate of drug-likeness (QED) is 0.519. The number of hydrogen-bond acceptors (Lipinski definition) is 5. The minimum absolute atomic E-state index is 0.00314. The fourth-order valence-electron chi connectivity index (χ4n) is 2.30. The minimum Gasteiger partial charge on any atom is -0.351 e. The first-order chi connectivity index (χ1) is 10.9. The molecule has 6 heteroatoms. The maximum atomic E-state index is 12.8. The molecule has 23 heavy (non-hydrogen) atoms. The van der Waals surface area contributed by atoms with Crippen molar-refractivity contribution in [1.29, 1.82) is 0 Å².